The van der Waals surface area contributed by atoms with Gasteiger partial charge in [-0.15, -0.1) is 5.10 Å². The number of pyridine rings is 1. The van der Waals surface area contributed by atoms with Gasteiger partial charge in [0.05, 0.1) is 11.4 Å². The van der Waals surface area contributed by atoms with E-state index in [4.69, 9.17) is 5.84 Å². The summed E-state index contributed by atoms with van der Waals surface area (Å²) >= 11 is 10.2. The summed E-state index contributed by atoms with van der Waals surface area (Å²) in [5.74, 6) is 5.63. The molecule has 0 radical (unpaired) electrons. The average Bonchev–Trinajstić information content (AvgIpc) is 2.64. The van der Waals surface area contributed by atoms with Gasteiger partial charge in [-0.1, -0.05) is 5.21 Å². The van der Waals surface area contributed by atoms with Crippen molar-refractivity contribution < 1.29 is 0 Å². The minimum atomic E-state index is -0.318. The first kappa shape index (κ1) is 14.1. The number of aromatic nitrogens is 4. The van der Waals surface area contributed by atoms with E-state index < -0.39 is 0 Å². The quantitative estimate of drug-likeness (QED) is 0.564. The first-order chi connectivity index (χ1) is 8.54. The second-order valence-electron chi connectivity index (χ2n) is 3.51. The number of hydrogen-bond donors (Lipinski definition) is 2. The van der Waals surface area contributed by atoms with E-state index in [0.29, 0.717) is 4.60 Å². The number of rotatable bonds is 3. The number of hydrogen-bond acceptors (Lipinski definition) is 5. The third-order valence-corrected chi connectivity index (χ3v) is 4.01. The zero-order valence-electron chi connectivity index (χ0n) is 9.23. The smallest absolute Gasteiger partial charge is 0.153 e. The maximum absolute atomic E-state index is 5.63. The predicted molar refractivity (Wildman–Crippen MR) is 77.5 cm³/mol. The monoisotopic (exact) mass is 438 g/mol. The molecule has 0 amide bonds. The largest absolute Gasteiger partial charge is 0.270 e. The third-order valence-electron chi connectivity index (χ3n) is 2.38. The molecule has 0 spiro atoms. The lowest BCUT2D eigenvalue weighted by Gasteiger charge is -2.17. The highest BCUT2D eigenvalue weighted by Gasteiger charge is 2.24. The normalized spacial score (nSPS) is 12.7. The van der Waals surface area contributed by atoms with Crippen LogP contribution in [-0.2, 0) is 7.05 Å². The minimum Gasteiger partial charge on any atom is -0.270 e. The van der Waals surface area contributed by atoms with Crippen LogP contribution >= 0.6 is 47.8 Å². The molecule has 1 unspecified atom stereocenters. The molecule has 2 heterocycles. The summed E-state index contributed by atoms with van der Waals surface area (Å²) in [5, 5.41) is 7.87. The van der Waals surface area contributed by atoms with Crippen molar-refractivity contribution >= 4 is 47.8 Å². The van der Waals surface area contributed by atoms with Gasteiger partial charge < -0.3 is 0 Å². The SMILES string of the molecule is Cn1nnc(Br)c1C(NN)c1ncc(Br)cc1Br. The summed E-state index contributed by atoms with van der Waals surface area (Å²) in [6.45, 7) is 0. The summed E-state index contributed by atoms with van der Waals surface area (Å²) in [5.41, 5.74) is 4.28. The molecule has 0 aliphatic rings. The van der Waals surface area contributed by atoms with Gasteiger partial charge in [0.2, 0.25) is 0 Å². The molecule has 6 nitrogen and oxygen atoms in total. The molecule has 96 valence electrons. The van der Waals surface area contributed by atoms with E-state index in [1.807, 2.05) is 6.07 Å². The van der Waals surface area contributed by atoms with Gasteiger partial charge in [-0.3, -0.25) is 10.8 Å². The molecular formula is C9H9Br3N6. The first-order valence-electron chi connectivity index (χ1n) is 4.86. The van der Waals surface area contributed by atoms with Crippen LogP contribution in [0.3, 0.4) is 0 Å². The van der Waals surface area contributed by atoms with E-state index >= 15 is 0 Å². The summed E-state index contributed by atoms with van der Waals surface area (Å²) < 4.78 is 4.00. The molecule has 2 rings (SSSR count). The van der Waals surface area contributed by atoms with E-state index in [1.54, 1.807) is 17.9 Å². The lowest BCUT2D eigenvalue weighted by molar-refractivity contribution is 0.557. The number of halogens is 3. The molecule has 2 aromatic heterocycles. The highest BCUT2D eigenvalue weighted by molar-refractivity contribution is 9.11. The summed E-state index contributed by atoms with van der Waals surface area (Å²) in [7, 11) is 1.80. The van der Waals surface area contributed by atoms with Crippen molar-refractivity contribution in [3.63, 3.8) is 0 Å². The fraction of sp³-hybridized carbons (Fsp3) is 0.222. The van der Waals surface area contributed by atoms with Crippen LogP contribution in [0.1, 0.15) is 17.4 Å². The first-order valence-corrected chi connectivity index (χ1v) is 7.24. The highest BCUT2D eigenvalue weighted by atomic mass is 79.9. The van der Waals surface area contributed by atoms with Crippen LogP contribution in [0.4, 0.5) is 0 Å². The molecule has 3 N–H and O–H groups in total. The molecule has 9 heteroatoms. The Kier molecular flexibility index (Phi) is 4.49. The Balaban J connectivity index is 2.52. The number of hydrazine groups is 1. The lowest BCUT2D eigenvalue weighted by Crippen LogP contribution is -2.31. The summed E-state index contributed by atoms with van der Waals surface area (Å²) in [6.07, 6.45) is 1.71. The van der Waals surface area contributed by atoms with Crippen molar-refractivity contribution in [2.45, 2.75) is 6.04 Å². The molecule has 0 aromatic carbocycles. The Labute approximate surface area is 129 Å². The van der Waals surface area contributed by atoms with Crippen molar-refractivity contribution in [2.75, 3.05) is 0 Å². The van der Waals surface area contributed by atoms with Crippen LogP contribution in [0.2, 0.25) is 0 Å². The van der Waals surface area contributed by atoms with Crippen LogP contribution < -0.4 is 11.3 Å². The maximum Gasteiger partial charge on any atom is 0.153 e. The van der Waals surface area contributed by atoms with Crippen LogP contribution in [0.25, 0.3) is 0 Å². The number of nitrogens with zero attached hydrogens (tertiary/aromatic N) is 4. The molecule has 0 aliphatic carbocycles. The van der Waals surface area contributed by atoms with Crippen molar-refractivity contribution in [3.8, 4) is 0 Å². The molecule has 18 heavy (non-hydrogen) atoms. The molecule has 0 saturated heterocycles. The lowest BCUT2D eigenvalue weighted by atomic mass is 10.1. The van der Waals surface area contributed by atoms with Crippen molar-refractivity contribution in [1.82, 2.24) is 25.4 Å². The van der Waals surface area contributed by atoms with Crippen LogP contribution in [-0.4, -0.2) is 20.0 Å². The Hall–Kier alpha value is -0.350. The molecule has 0 saturated carbocycles. The second-order valence-corrected chi connectivity index (χ2v) is 6.03. The zero-order chi connectivity index (χ0) is 13.3. The molecule has 1 atom stereocenters. The van der Waals surface area contributed by atoms with Crippen molar-refractivity contribution in [3.05, 3.63) is 37.2 Å². The van der Waals surface area contributed by atoms with E-state index in [9.17, 15) is 0 Å². The van der Waals surface area contributed by atoms with Gasteiger partial charge in [0.1, 0.15) is 6.04 Å². The van der Waals surface area contributed by atoms with Gasteiger partial charge in [0.25, 0.3) is 0 Å². The van der Waals surface area contributed by atoms with Gasteiger partial charge in [0.15, 0.2) is 4.60 Å². The second kappa shape index (κ2) is 5.74. The van der Waals surface area contributed by atoms with Gasteiger partial charge in [0, 0.05) is 22.2 Å². The predicted octanol–water partition coefficient (Wildman–Crippen LogP) is 2.05. The standard InChI is InChI=1S/C9H9Br3N6/c1-18-8(9(12)16-17-18)7(15-13)6-5(11)2-4(10)3-14-6/h2-3,7,15H,13H2,1H3. The average molecular weight is 441 g/mol. The zero-order valence-corrected chi connectivity index (χ0v) is 14.0. The van der Waals surface area contributed by atoms with Crippen LogP contribution in [0.5, 0.6) is 0 Å². The summed E-state index contributed by atoms with van der Waals surface area (Å²) in [4.78, 5) is 4.36. The van der Waals surface area contributed by atoms with Crippen molar-refractivity contribution in [1.29, 1.82) is 0 Å². The van der Waals surface area contributed by atoms with E-state index in [-0.39, 0.29) is 6.04 Å². The number of nitrogens with one attached hydrogen (secondary N) is 1. The van der Waals surface area contributed by atoms with E-state index in [0.717, 1.165) is 20.3 Å². The highest BCUT2D eigenvalue weighted by Crippen LogP contribution is 2.30. The molecule has 0 bridgehead atoms. The maximum atomic E-state index is 5.63. The van der Waals surface area contributed by atoms with E-state index in [1.165, 1.54) is 0 Å². The van der Waals surface area contributed by atoms with Gasteiger partial charge in [-0.2, -0.15) is 0 Å². The molecule has 0 fully saturated rings. The van der Waals surface area contributed by atoms with E-state index in [2.05, 4.69) is 68.5 Å². The third kappa shape index (κ3) is 2.64. The summed E-state index contributed by atoms with van der Waals surface area (Å²) in [6, 6.07) is 1.59. The Morgan fingerprint density at radius 2 is 2.11 bits per heavy atom. The van der Waals surface area contributed by atoms with Gasteiger partial charge >= 0.3 is 0 Å². The Morgan fingerprint density at radius 3 is 2.61 bits per heavy atom. The topological polar surface area (TPSA) is 81.7 Å². The van der Waals surface area contributed by atoms with Gasteiger partial charge in [-0.05, 0) is 53.9 Å². The van der Waals surface area contributed by atoms with Crippen molar-refractivity contribution in [2.24, 2.45) is 12.9 Å². The minimum absolute atomic E-state index is 0.318. The molecular weight excluding hydrogens is 432 g/mol. The number of aryl methyl sites for hydroxylation is 1. The Morgan fingerprint density at radius 1 is 1.39 bits per heavy atom. The van der Waals surface area contributed by atoms with Crippen LogP contribution in [0, 0.1) is 0 Å². The van der Waals surface area contributed by atoms with Gasteiger partial charge in [-0.25, -0.2) is 10.1 Å². The molecule has 2 aromatic rings. The fourth-order valence-electron chi connectivity index (χ4n) is 1.57. The fourth-order valence-corrected chi connectivity index (χ4v) is 3.34. The molecule has 0 aliphatic heterocycles. The van der Waals surface area contributed by atoms with Crippen LogP contribution in [0.15, 0.2) is 25.8 Å². The Bertz CT molecular complexity index is 550. The number of nitrogens with two attached hydrogens (primary N) is 1.